The van der Waals surface area contributed by atoms with Crippen LogP contribution < -0.4 is 5.14 Å². The predicted octanol–water partition coefficient (Wildman–Crippen LogP) is -0.283. The van der Waals surface area contributed by atoms with Crippen molar-refractivity contribution < 1.29 is 26.8 Å². The number of hydrogen-bond donors (Lipinski definition) is 1. The lowest BCUT2D eigenvalue weighted by Gasteiger charge is -2.24. The number of hydrogen-bond acceptors (Lipinski definition) is 9. The molecule has 0 amide bonds. The molecule has 13 heteroatoms. The van der Waals surface area contributed by atoms with E-state index in [2.05, 4.69) is 15.0 Å². The van der Waals surface area contributed by atoms with Crippen LogP contribution in [0, 0.1) is 0 Å². The first kappa shape index (κ1) is 17.9. The molecular weight excluding hydrogens is 392 g/mol. The Balaban J connectivity index is 1.53. The van der Waals surface area contributed by atoms with Crippen molar-refractivity contribution in [3.63, 3.8) is 0 Å². The van der Waals surface area contributed by atoms with E-state index in [1.54, 1.807) is 47.9 Å². The lowest BCUT2D eigenvalue weighted by molar-refractivity contribution is -0.198. The molecule has 2 saturated heterocycles. The summed E-state index contributed by atoms with van der Waals surface area (Å²) in [5.41, 5.74) is 1.83. The highest BCUT2D eigenvalue weighted by molar-refractivity contribution is 7.84. The third-order valence-corrected chi connectivity index (χ3v) is 5.21. The molecule has 2 aliphatic rings. The Morgan fingerprint density at radius 1 is 1.18 bits per heavy atom. The van der Waals surface area contributed by atoms with Crippen LogP contribution in [0.1, 0.15) is 20.1 Å². The minimum Gasteiger partial charge on any atom is -0.347 e. The van der Waals surface area contributed by atoms with Crippen LogP contribution >= 0.6 is 0 Å². The highest BCUT2D eigenvalue weighted by atomic mass is 32.2. The SMILES string of the molecule is CC1(C)OC2C(COS(N)(=O)=O)OC(n3cnc4c3ncn3ccnc43)C2O1. The number of imidazole rings is 2. The molecular formula is C15H18N6O6S. The highest BCUT2D eigenvalue weighted by Crippen LogP contribution is 2.43. The molecule has 28 heavy (non-hydrogen) atoms. The molecule has 0 aliphatic carbocycles. The first-order valence-corrected chi connectivity index (χ1v) is 10.0. The van der Waals surface area contributed by atoms with Crippen molar-refractivity contribution in [3.05, 3.63) is 25.0 Å². The normalized spacial score (nSPS) is 29.7. The van der Waals surface area contributed by atoms with Crippen molar-refractivity contribution in [1.82, 2.24) is 23.9 Å². The average molecular weight is 410 g/mol. The van der Waals surface area contributed by atoms with Gasteiger partial charge in [0.15, 0.2) is 28.8 Å². The van der Waals surface area contributed by atoms with Gasteiger partial charge in [0.1, 0.15) is 24.6 Å². The van der Waals surface area contributed by atoms with Gasteiger partial charge in [0, 0.05) is 12.4 Å². The Hall–Kier alpha value is -2.16. The molecule has 2 N–H and O–H groups in total. The van der Waals surface area contributed by atoms with Crippen LogP contribution in [0.4, 0.5) is 0 Å². The van der Waals surface area contributed by atoms with Crippen molar-refractivity contribution in [2.75, 3.05) is 6.61 Å². The van der Waals surface area contributed by atoms with Crippen molar-refractivity contribution in [2.24, 2.45) is 5.14 Å². The molecule has 0 radical (unpaired) electrons. The molecule has 2 aliphatic heterocycles. The van der Waals surface area contributed by atoms with Gasteiger partial charge in [-0.05, 0) is 13.8 Å². The van der Waals surface area contributed by atoms with Gasteiger partial charge < -0.3 is 14.2 Å². The van der Waals surface area contributed by atoms with E-state index in [-0.39, 0.29) is 6.61 Å². The van der Waals surface area contributed by atoms with Gasteiger partial charge in [-0.15, -0.1) is 0 Å². The molecule has 5 rings (SSSR count). The smallest absolute Gasteiger partial charge is 0.333 e. The Morgan fingerprint density at radius 3 is 2.75 bits per heavy atom. The summed E-state index contributed by atoms with van der Waals surface area (Å²) in [4.78, 5) is 13.2. The Kier molecular flexibility index (Phi) is 3.78. The summed E-state index contributed by atoms with van der Waals surface area (Å²) < 4.78 is 48.5. The maximum atomic E-state index is 11.2. The molecule has 4 unspecified atom stereocenters. The van der Waals surface area contributed by atoms with E-state index < -0.39 is 40.6 Å². The molecule has 3 aromatic heterocycles. The van der Waals surface area contributed by atoms with E-state index in [4.69, 9.17) is 23.5 Å². The van der Waals surface area contributed by atoms with Crippen LogP contribution in [0.3, 0.4) is 0 Å². The van der Waals surface area contributed by atoms with Crippen LogP contribution in [0.15, 0.2) is 25.0 Å². The average Bonchev–Trinajstić information content (AvgIpc) is 3.32. The second-order valence-corrected chi connectivity index (χ2v) is 8.36. The number of nitrogens with two attached hydrogens (primary N) is 1. The molecule has 4 atom stereocenters. The molecule has 0 aromatic carbocycles. The summed E-state index contributed by atoms with van der Waals surface area (Å²) in [6.45, 7) is 3.26. The number of rotatable bonds is 4. The predicted molar refractivity (Wildman–Crippen MR) is 93.1 cm³/mol. The molecule has 150 valence electrons. The maximum Gasteiger partial charge on any atom is 0.333 e. The van der Waals surface area contributed by atoms with Crippen molar-refractivity contribution in [1.29, 1.82) is 0 Å². The number of aromatic nitrogens is 5. The third kappa shape index (κ3) is 2.87. The minimum absolute atomic E-state index is 0.291. The van der Waals surface area contributed by atoms with E-state index in [1.807, 2.05) is 0 Å². The fraction of sp³-hybridized carbons (Fsp3) is 0.533. The van der Waals surface area contributed by atoms with Gasteiger partial charge >= 0.3 is 10.3 Å². The van der Waals surface area contributed by atoms with Crippen molar-refractivity contribution in [3.8, 4) is 0 Å². The van der Waals surface area contributed by atoms with E-state index >= 15 is 0 Å². The topological polar surface area (TPSA) is 145 Å². The van der Waals surface area contributed by atoms with Crippen LogP contribution in [0.2, 0.25) is 0 Å². The summed E-state index contributed by atoms with van der Waals surface area (Å²) in [5, 5.41) is 4.94. The van der Waals surface area contributed by atoms with Crippen LogP contribution in [-0.2, 0) is 28.7 Å². The molecule has 3 aromatic rings. The second-order valence-electron chi connectivity index (χ2n) is 7.13. The van der Waals surface area contributed by atoms with Crippen LogP contribution in [0.25, 0.3) is 16.8 Å². The summed E-state index contributed by atoms with van der Waals surface area (Å²) >= 11 is 0. The number of nitrogens with zero attached hydrogens (tertiary/aromatic N) is 5. The van der Waals surface area contributed by atoms with E-state index in [0.29, 0.717) is 16.8 Å². The standard InChI is InChI=1S/C15H18N6O6S/c1-15(2)26-10-8(5-24-28(16,22)23)25-14(11(10)27-15)21-7-18-9-12-17-3-4-20(12)6-19-13(9)21/h3-4,6-8,10-11,14H,5H2,1-2H3,(H2,16,22,23). The fourth-order valence-corrected chi connectivity index (χ4v) is 4.04. The van der Waals surface area contributed by atoms with E-state index in [0.717, 1.165) is 0 Å². The second kappa shape index (κ2) is 5.92. The molecule has 0 spiro atoms. The lowest BCUT2D eigenvalue weighted by atomic mass is 10.1. The van der Waals surface area contributed by atoms with Crippen molar-refractivity contribution in [2.45, 2.75) is 44.2 Å². The van der Waals surface area contributed by atoms with Crippen molar-refractivity contribution >= 4 is 27.1 Å². The van der Waals surface area contributed by atoms with E-state index in [1.165, 1.54) is 0 Å². The van der Waals surface area contributed by atoms with E-state index in [9.17, 15) is 8.42 Å². The monoisotopic (exact) mass is 410 g/mol. The molecule has 0 saturated carbocycles. The summed E-state index contributed by atoms with van der Waals surface area (Å²) in [6, 6.07) is 0. The number of fused-ring (bicyclic) bond motifs is 4. The Bertz CT molecular complexity index is 1160. The zero-order valence-electron chi connectivity index (χ0n) is 15.0. The first-order valence-electron chi connectivity index (χ1n) is 8.54. The Morgan fingerprint density at radius 2 is 1.96 bits per heavy atom. The zero-order chi connectivity index (χ0) is 19.7. The lowest BCUT2D eigenvalue weighted by Crippen LogP contribution is -2.34. The van der Waals surface area contributed by atoms with Gasteiger partial charge in [-0.1, -0.05) is 0 Å². The number of ether oxygens (including phenoxy) is 3. The quantitative estimate of drug-likeness (QED) is 0.613. The summed E-state index contributed by atoms with van der Waals surface area (Å²) in [6.07, 6.45) is 4.25. The molecule has 5 heterocycles. The molecule has 12 nitrogen and oxygen atoms in total. The fourth-order valence-electron chi connectivity index (χ4n) is 3.71. The summed E-state index contributed by atoms with van der Waals surface area (Å²) in [5.74, 6) is -0.864. The molecule has 0 bridgehead atoms. The van der Waals surface area contributed by atoms with Gasteiger partial charge in [-0.3, -0.25) is 13.2 Å². The van der Waals surface area contributed by atoms with Gasteiger partial charge in [0.05, 0.1) is 12.9 Å². The minimum atomic E-state index is -4.11. The van der Waals surface area contributed by atoms with Gasteiger partial charge in [-0.25, -0.2) is 20.1 Å². The largest absolute Gasteiger partial charge is 0.347 e. The zero-order valence-corrected chi connectivity index (χ0v) is 15.8. The third-order valence-electron chi connectivity index (χ3n) is 4.75. The molecule has 2 fully saturated rings. The van der Waals surface area contributed by atoms with Gasteiger partial charge in [-0.2, -0.15) is 8.42 Å². The first-order chi connectivity index (χ1) is 13.2. The highest BCUT2D eigenvalue weighted by Gasteiger charge is 2.56. The van der Waals surface area contributed by atoms with Crippen LogP contribution in [-0.4, -0.2) is 63.0 Å². The van der Waals surface area contributed by atoms with Crippen LogP contribution in [0.5, 0.6) is 0 Å². The van der Waals surface area contributed by atoms with Gasteiger partial charge in [0.2, 0.25) is 0 Å². The maximum absolute atomic E-state index is 11.2. The van der Waals surface area contributed by atoms with Gasteiger partial charge in [0.25, 0.3) is 0 Å². The Labute approximate surface area is 159 Å². The summed E-state index contributed by atoms with van der Waals surface area (Å²) in [7, 11) is -4.11.